The first-order valence-electron chi connectivity index (χ1n) is 11.7. The lowest BCUT2D eigenvalue weighted by Crippen LogP contribution is -2.34. The van der Waals surface area contributed by atoms with Crippen LogP contribution < -0.4 is 10.2 Å². The number of amides is 2. The quantitative estimate of drug-likeness (QED) is 0.523. The monoisotopic (exact) mass is 442 g/mol. The Morgan fingerprint density at radius 1 is 1.09 bits per heavy atom. The predicted octanol–water partition coefficient (Wildman–Crippen LogP) is 5.82. The number of hydrogen-bond acceptors (Lipinski definition) is 4. The smallest absolute Gasteiger partial charge is 0.349 e. The summed E-state index contributed by atoms with van der Waals surface area (Å²) in [7, 11) is 1.76. The van der Waals surface area contributed by atoms with Gasteiger partial charge in [-0.05, 0) is 55.7 Å². The maximum atomic E-state index is 13.5. The van der Waals surface area contributed by atoms with Crippen molar-refractivity contribution in [3.05, 3.63) is 71.8 Å². The molecule has 0 spiro atoms. The van der Waals surface area contributed by atoms with Gasteiger partial charge in [0.05, 0.1) is 23.6 Å². The Morgan fingerprint density at radius 3 is 2.61 bits per heavy atom. The molecule has 170 valence electrons. The fourth-order valence-corrected chi connectivity index (χ4v) is 4.79. The molecule has 7 nitrogen and oxygen atoms in total. The van der Waals surface area contributed by atoms with Crippen LogP contribution in [0.25, 0.3) is 0 Å². The Morgan fingerprint density at radius 2 is 1.88 bits per heavy atom. The number of urea groups is 1. The molecule has 1 aliphatic carbocycles. The van der Waals surface area contributed by atoms with Crippen LogP contribution in [0.4, 0.5) is 21.9 Å². The van der Waals surface area contributed by atoms with Crippen LogP contribution in [-0.4, -0.2) is 33.8 Å². The van der Waals surface area contributed by atoms with Gasteiger partial charge in [0.25, 0.3) is 0 Å². The highest BCUT2D eigenvalue weighted by molar-refractivity contribution is 6.13. The number of nitrogens with one attached hydrogen (secondary N) is 2. The fraction of sp³-hybridized carbons (Fsp3) is 0.346. The van der Waals surface area contributed by atoms with Gasteiger partial charge in [-0.3, -0.25) is 4.90 Å². The van der Waals surface area contributed by atoms with Gasteiger partial charge in [0.1, 0.15) is 5.82 Å². The molecule has 33 heavy (non-hydrogen) atoms. The van der Waals surface area contributed by atoms with Crippen LogP contribution >= 0.6 is 0 Å². The van der Waals surface area contributed by atoms with Crippen molar-refractivity contribution in [2.24, 2.45) is 11.0 Å². The first-order valence-corrected chi connectivity index (χ1v) is 11.7. The van der Waals surface area contributed by atoms with Crippen molar-refractivity contribution in [2.45, 2.75) is 45.6 Å². The van der Waals surface area contributed by atoms with Gasteiger partial charge >= 0.3 is 6.03 Å². The number of H-pyrrole nitrogens is 1. The highest BCUT2D eigenvalue weighted by atomic mass is 16.2. The van der Waals surface area contributed by atoms with Gasteiger partial charge in [-0.1, -0.05) is 31.4 Å². The second-order valence-corrected chi connectivity index (χ2v) is 8.92. The minimum atomic E-state index is -0.149. The number of aromatic amines is 1. The number of carbonyl (C=O) groups is 1. The molecular formula is C26H30N6O. The third kappa shape index (κ3) is 4.35. The molecule has 2 aromatic carbocycles. The van der Waals surface area contributed by atoms with Crippen LogP contribution in [-0.2, 0) is 6.54 Å². The normalized spacial score (nSPS) is 16.9. The molecule has 3 aromatic rings. The van der Waals surface area contributed by atoms with E-state index < -0.39 is 0 Å². The van der Waals surface area contributed by atoms with E-state index in [4.69, 9.17) is 5.10 Å². The summed E-state index contributed by atoms with van der Waals surface area (Å²) in [5.74, 6) is 1.27. The summed E-state index contributed by atoms with van der Waals surface area (Å²) in [6.07, 6.45) is 9.53. The number of hydrazone groups is 1. The molecule has 2 aliphatic rings. The Labute approximate surface area is 194 Å². The summed E-state index contributed by atoms with van der Waals surface area (Å²) in [6, 6.07) is 14.2. The second kappa shape index (κ2) is 9.10. The number of benzene rings is 2. The summed E-state index contributed by atoms with van der Waals surface area (Å²) in [6.45, 7) is 2.68. The van der Waals surface area contributed by atoms with E-state index in [1.807, 2.05) is 30.5 Å². The molecule has 0 bridgehead atoms. The van der Waals surface area contributed by atoms with E-state index in [0.717, 1.165) is 52.6 Å². The zero-order chi connectivity index (χ0) is 22.8. The lowest BCUT2D eigenvalue weighted by Gasteiger charge is -2.26. The van der Waals surface area contributed by atoms with Gasteiger partial charge in [0.15, 0.2) is 0 Å². The van der Waals surface area contributed by atoms with Crippen LogP contribution in [0.1, 0.15) is 49.1 Å². The number of nitrogens with zero attached hydrogens (tertiary/aromatic N) is 4. The minimum Gasteiger partial charge on any atom is -0.378 e. The van der Waals surface area contributed by atoms with Gasteiger partial charge in [-0.25, -0.2) is 14.8 Å². The third-order valence-electron chi connectivity index (χ3n) is 6.53. The average molecular weight is 443 g/mol. The van der Waals surface area contributed by atoms with E-state index >= 15 is 0 Å². The van der Waals surface area contributed by atoms with Gasteiger partial charge in [-0.2, -0.15) is 5.10 Å². The largest absolute Gasteiger partial charge is 0.378 e. The summed E-state index contributed by atoms with van der Waals surface area (Å²) in [5.41, 5.74) is 5.92. The van der Waals surface area contributed by atoms with Crippen molar-refractivity contribution in [2.75, 3.05) is 17.3 Å². The summed E-state index contributed by atoms with van der Waals surface area (Å²) >= 11 is 0. The molecule has 5 rings (SSSR count). The SMILES string of the molecule is Cc1ccc2c(c1)N(c1ccc(NCc3ncc[nH]3)cc1)C(=O)N(C)N=C2C1CCCCC1. The number of aromatic nitrogens is 2. The Hall–Kier alpha value is -3.61. The highest BCUT2D eigenvalue weighted by Gasteiger charge is 2.32. The molecule has 7 heteroatoms. The van der Waals surface area contributed by atoms with Crippen molar-refractivity contribution in [3.63, 3.8) is 0 Å². The molecule has 0 saturated heterocycles. The number of imidazole rings is 1. The summed E-state index contributed by atoms with van der Waals surface area (Å²) in [4.78, 5) is 22.7. The molecule has 0 radical (unpaired) electrons. The molecule has 2 N–H and O–H groups in total. The number of rotatable bonds is 5. The van der Waals surface area contributed by atoms with E-state index in [1.54, 1.807) is 18.1 Å². The van der Waals surface area contributed by atoms with E-state index in [2.05, 4.69) is 40.4 Å². The van der Waals surface area contributed by atoms with Crippen LogP contribution in [0.2, 0.25) is 0 Å². The van der Waals surface area contributed by atoms with Crippen molar-refractivity contribution < 1.29 is 4.79 Å². The molecule has 0 unspecified atom stereocenters. The number of fused-ring (bicyclic) bond motifs is 1. The second-order valence-electron chi connectivity index (χ2n) is 8.92. The van der Waals surface area contributed by atoms with Crippen molar-refractivity contribution in [1.82, 2.24) is 15.0 Å². The first kappa shape index (κ1) is 21.2. The topological polar surface area (TPSA) is 76.6 Å². The summed E-state index contributed by atoms with van der Waals surface area (Å²) in [5, 5.41) is 9.70. The number of aryl methyl sites for hydroxylation is 1. The van der Waals surface area contributed by atoms with Crippen molar-refractivity contribution in [3.8, 4) is 0 Å². The van der Waals surface area contributed by atoms with E-state index in [0.29, 0.717) is 12.5 Å². The zero-order valence-corrected chi connectivity index (χ0v) is 19.2. The first-order chi connectivity index (χ1) is 16.1. The Kier molecular flexibility index (Phi) is 5.86. The van der Waals surface area contributed by atoms with Gasteiger partial charge in [0, 0.05) is 36.6 Å². The van der Waals surface area contributed by atoms with Gasteiger partial charge in [-0.15, -0.1) is 0 Å². The van der Waals surface area contributed by atoms with E-state index in [-0.39, 0.29) is 6.03 Å². The standard InChI is InChI=1S/C26H30N6O/c1-18-8-13-22-23(16-18)32(26(33)31(2)30-25(22)19-6-4-3-5-7-19)21-11-9-20(10-12-21)29-17-24-27-14-15-28-24/h8-16,19,29H,3-7,17H2,1-2H3,(H,27,28). The zero-order valence-electron chi connectivity index (χ0n) is 19.2. The molecule has 1 fully saturated rings. The van der Waals surface area contributed by atoms with Crippen LogP contribution in [0.3, 0.4) is 0 Å². The molecular weight excluding hydrogens is 412 g/mol. The predicted molar refractivity (Wildman–Crippen MR) is 132 cm³/mol. The lowest BCUT2D eigenvalue weighted by molar-refractivity contribution is 0.220. The molecule has 0 atom stereocenters. The van der Waals surface area contributed by atoms with Gasteiger partial charge < -0.3 is 10.3 Å². The van der Waals surface area contributed by atoms with Gasteiger partial charge in [0.2, 0.25) is 0 Å². The maximum Gasteiger partial charge on any atom is 0.349 e. The number of anilines is 3. The van der Waals surface area contributed by atoms with Crippen molar-refractivity contribution >= 4 is 28.8 Å². The van der Waals surface area contributed by atoms with Crippen molar-refractivity contribution in [1.29, 1.82) is 0 Å². The molecule has 2 heterocycles. The molecule has 2 amide bonds. The van der Waals surface area contributed by atoms with E-state index in [9.17, 15) is 4.79 Å². The molecule has 1 aliphatic heterocycles. The number of hydrogen-bond donors (Lipinski definition) is 2. The summed E-state index contributed by atoms with van der Waals surface area (Å²) < 4.78 is 0. The third-order valence-corrected chi connectivity index (χ3v) is 6.53. The molecule has 1 saturated carbocycles. The van der Waals surface area contributed by atoms with Crippen LogP contribution in [0, 0.1) is 12.8 Å². The highest BCUT2D eigenvalue weighted by Crippen LogP contribution is 2.38. The maximum absolute atomic E-state index is 13.5. The van der Waals surface area contributed by atoms with Crippen LogP contribution in [0.5, 0.6) is 0 Å². The Balaban J connectivity index is 1.48. The Bertz CT molecular complexity index is 1150. The fourth-order valence-electron chi connectivity index (χ4n) is 4.79. The number of carbonyl (C=O) groups excluding carboxylic acids is 1. The average Bonchev–Trinajstić information content (AvgIpc) is 3.33. The minimum absolute atomic E-state index is 0.149. The molecule has 1 aromatic heterocycles. The van der Waals surface area contributed by atoms with Crippen LogP contribution in [0.15, 0.2) is 60.0 Å². The lowest BCUT2D eigenvalue weighted by atomic mass is 9.82. The van der Waals surface area contributed by atoms with E-state index in [1.165, 1.54) is 24.3 Å².